The number of halogens is 3. The number of anilines is 2. The van der Waals surface area contributed by atoms with E-state index in [1.807, 2.05) is 12.3 Å². The average Bonchev–Trinajstić information content (AvgIpc) is 3.08. The third kappa shape index (κ3) is 5.52. The molecule has 2 heterocycles. The fraction of sp³-hybridized carbons (Fsp3) is 0.435. The van der Waals surface area contributed by atoms with Crippen molar-refractivity contribution in [3.63, 3.8) is 0 Å². The molecule has 0 aliphatic heterocycles. The number of nitrogens with one attached hydrogen (secondary N) is 2. The molecule has 1 aromatic carbocycles. The van der Waals surface area contributed by atoms with Gasteiger partial charge in [0.1, 0.15) is 5.82 Å². The van der Waals surface area contributed by atoms with E-state index in [0.717, 1.165) is 38.5 Å². The number of aromatic amines is 1. The molecule has 2 N–H and O–H groups in total. The summed E-state index contributed by atoms with van der Waals surface area (Å²) in [6.07, 6.45) is 4.87. The van der Waals surface area contributed by atoms with Gasteiger partial charge in [-0.15, -0.1) is 0 Å². The van der Waals surface area contributed by atoms with Crippen molar-refractivity contribution >= 4 is 22.4 Å². The predicted molar refractivity (Wildman–Crippen MR) is 113 cm³/mol. The summed E-state index contributed by atoms with van der Waals surface area (Å²) in [6.45, 7) is 4.34. The molecule has 0 fully saturated rings. The van der Waals surface area contributed by atoms with Gasteiger partial charge in [0.15, 0.2) is 0 Å². The predicted octanol–water partition coefficient (Wildman–Crippen LogP) is 7.10. The third-order valence-electron chi connectivity index (χ3n) is 5.13. The van der Waals surface area contributed by atoms with Crippen molar-refractivity contribution in [3.05, 3.63) is 53.3 Å². The SMILES string of the molecule is CCCCc1cnc(Nc2c[nH]c3cccc(CC(F)(F)F)c23)cc1CCCC. The van der Waals surface area contributed by atoms with Gasteiger partial charge >= 0.3 is 6.18 Å². The average molecular weight is 403 g/mol. The number of hydrogen-bond donors (Lipinski definition) is 2. The largest absolute Gasteiger partial charge is 0.393 e. The molecular weight excluding hydrogens is 375 g/mol. The van der Waals surface area contributed by atoms with E-state index in [-0.39, 0.29) is 5.56 Å². The molecule has 0 aliphatic carbocycles. The van der Waals surface area contributed by atoms with Gasteiger partial charge in [-0.3, -0.25) is 0 Å². The van der Waals surface area contributed by atoms with Crippen molar-refractivity contribution in [2.24, 2.45) is 0 Å². The van der Waals surface area contributed by atoms with Gasteiger partial charge in [0, 0.05) is 23.3 Å². The van der Waals surface area contributed by atoms with E-state index in [4.69, 9.17) is 0 Å². The third-order valence-corrected chi connectivity index (χ3v) is 5.13. The second-order valence-corrected chi connectivity index (χ2v) is 7.50. The summed E-state index contributed by atoms with van der Waals surface area (Å²) < 4.78 is 39.0. The first kappa shape index (κ1) is 21.2. The van der Waals surface area contributed by atoms with Crippen LogP contribution in [0.1, 0.15) is 56.2 Å². The van der Waals surface area contributed by atoms with Gasteiger partial charge in [-0.05, 0) is 54.5 Å². The molecule has 0 aliphatic rings. The first-order valence-corrected chi connectivity index (χ1v) is 10.3. The Morgan fingerprint density at radius 2 is 1.72 bits per heavy atom. The summed E-state index contributed by atoms with van der Waals surface area (Å²) in [4.78, 5) is 7.60. The maximum absolute atomic E-state index is 13.0. The highest BCUT2D eigenvalue weighted by atomic mass is 19.4. The second kappa shape index (κ2) is 9.33. The van der Waals surface area contributed by atoms with E-state index in [0.29, 0.717) is 22.4 Å². The Hall–Kier alpha value is -2.50. The van der Waals surface area contributed by atoms with Crippen molar-refractivity contribution in [2.45, 2.75) is 65.0 Å². The number of hydrogen-bond acceptors (Lipinski definition) is 2. The van der Waals surface area contributed by atoms with E-state index >= 15 is 0 Å². The number of rotatable bonds is 9. The Bertz CT molecular complexity index is 944. The number of unbranched alkanes of at least 4 members (excludes halogenated alkanes) is 2. The highest BCUT2D eigenvalue weighted by Gasteiger charge is 2.29. The molecular formula is C23H28F3N3. The number of aromatic nitrogens is 2. The Labute approximate surface area is 169 Å². The molecule has 0 saturated heterocycles. The molecule has 0 amide bonds. The number of fused-ring (bicyclic) bond motifs is 1. The van der Waals surface area contributed by atoms with Crippen LogP contribution in [0.2, 0.25) is 0 Å². The van der Waals surface area contributed by atoms with Gasteiger partial charge in [0.2, 0.25) is 0 Å². The van der Waals surface area contributed by atoms with Crippen LogP contribution >= 0.6 is 0 Å². The molecule has 6 heteroatoms. The summed E-state index contributed by atoms with van der Waals surface area (Å²) in [6, 6.07) is 7.01. The van der Waals surface area contributed by atoms with Crippen LogP contribution in [0.4, 0.5) is 24.7 Å². The zero-order valence-electron chi connectivity index (χ0n) is 17.0. The summed E-state index contributed by atoms with van der Waals surface area (Å²) in [5.74, 6) is 0.666. The van der Waals surface area contributed by atoms with E-state index < -0.39 is 12.6 Å². The quantitative estimate of drug-likeness (QED) is 0.400. The Morgan fingerprint density at radius 1 is 1.00 bits per heavy atom. The normalized spacial score (nSPS) is 11.9. The highest BCUT2D eigenvalue weighted by Crippen LogP contribution is 2.33. The molecule has 2 aromatic heterocycles. The molecule has 0 radical (unpaired) electrons. The zero-order chi connectivity index (χ0) is 20.9. The molecule has 3 nitrogen and oxygen atoms in total. The standard InChI is InChI=1S/C23H28F3N3/c1-3-5-8-16-12-21(28-14-18(16)9-6-4-2)29-20-15-27-19-11-7-10-17(22(19)20)13-23(24,25)26/h7,10-12,14-15,27H,3-6,8-9,13H2,1-2H3,(H,28,29). The van der Waals surface area contributed by atoms with Gasteiger partial charge in [-0.25, -0.2) is 4.98 Å². The van der Waals surface area contributed by atoms with Gasteiger partial charge in [0.25, 0.3) is 0 Å². The van der Waals surface area contributed by atoms with Crippen LogP contribution in [0.3, 0.4) is 0 Å². The molecule has 29 heavy (non-hydrogen) atoms. The number of nitrogens with zero attached hydrogens (tertiary/aromatic N) is 1. The molecule has 0 spiro atoms. The van der Waals surface area contributed by atoms with Crippen LogP contribution in [-0.2, 0) is 19.3 Å². The monoisotopic (exact) mass is 403 g/mol. The lowest BCUT2D eigenvalue weighted by molar-refractivity contribution is -0.126. The lowest BCUT2D eigenvalue weighted by Gasteiger charge is -2.13. The fourth-order valence-electron chi connectivity index (χ4n) is 3.65. The second-order valence-electron chi connectivity index (χ2n) is 7.50. The van der Waals surface area contributed by atoms with Crippen LogP contribution in [-0.4, -0.2) is 16.1 Å². The van der Waals surface area contributed by atoms with E-state index in [1.165, 1.54) is 17.2 Å². The Balaban J connectivity index is 1.92. The minimum atomic E-state index is -4.25. The fourth-order valence-corrected chi connectivity index (χ4v) is 3.65. The van der Waals surface area contributed by atoms with Gasteiger partial charge in [-0.1, -0.05) is 38.8 Å². The van der Waals surface area contributed by atoms with Crippen LogP contribution in [0.15, 0.2) is 36.7 Å². The van der Waals surface area contributed by atoms with Crippen molar-refractivity contribution in [2.75, 3.05) is 5.32 Å². The van der Waals surface area contributed by atoms with E-state index in [9.17, 15) is 13.2 Å². The van der Waals surface area contributed by atoms with Gasteiger partial charge in [-0.2, -0.15) is 13.2 Å². The zero-order valence-corrected chi connectivity index (χ0v) is 17.0. The summed E-state index contributed by atoms with van der Waals surface area (Å²) >= 11 is 0. The topological polar surface area (TPSA) is 40.7 Å². The smallest absolute Gasteiger partial charge is 0.359 e. The first-order valence-electron chi connectivity index (χ1n) is 10.3. The van der Waals surface area contributed by atoms with Crippen molar-refractivity contribution in [3.8, 4) is 0 Å². The maximum atomic E-state index is 13.0. The van der Waals surface area contributed by atoms with E-state index in [1.54, 1.807) is 18.3 Å². The van der Waals surface area contributed by atoms with Crippen molar-refractivity contribution < 1.29 is 13.2 Å². The minimum absolute atomic E-state index is 0.254. The number of benzene rings is 1. The lowest BCUT2D eigenvalue weighted by atomic mass is 10.00. The van der Waals surface area contributed by atoms with Crippen molar-refractivity contribution in [1.82, 2.24) is 9.97 Å². The first-order chi connectivity index (χ1) is 13.9. The Kier molecular flexibility index (Phi) is 6.83. The number of aryl methyl sites for hydroxylation is 2. The van der Waals surface area contributed by atoms with Gasteiger partial charge in [0.05, 0.1) is 12.1 Å². The van der Waals surface area contributed by atoms with Crippen LogP contribution in [0.25, 0.3) is 10.9 Å². The number of alkyl halides is 3. The summed E-state index contributed by atoms with van der Waals surface area (Å²) in [5, 5.41) is 3.81. The molecule has 3 aromatic rings. The highest BCUT2D eigenvalue weighted by molar-refractivity contribution is 5.96. The number of H-pyrrole nitrogens is 1. The van der Waals surface area contributed by atoms with Gasteiger partial charge < -0.3 is 10.3 Å². The van der Waals surface area contributed by atoms with Crippen LogP contribution in [0.5, 0.6) is 0 Å². The van der Waals surface area contributed by atoms with Crippen LogP contribution < -0.4 is 5.32 Å². The van der Waals surface area contributed by atoms with E-state index in [2.05, 4.69) is 29.1 Å². The lowest BCUT2D eigenvalue weighted by Crippen LogP contribution is -2.11. The van der Waals surface area contributed by atoms with Crippen molar-refractivity contribution in [1.29, 1.82) is 0 Å². The molecule has 3 rings (SSSR count). The molecule has 0 atom stereocenters. The Morgan fingerprint density at radius 3 is 2.41 bits per heavy atom. The minimum Gasteiger partial charge on any atom is -0.359 e. The molecule has 156 valence electrons. The molecule has 0 bridgehead atoms. The number of pyridine rings is 1. The summed E-state index contributed by atoms with van der Waals surface area (Å²) in [7, 11) is 0. The molecule has 0 unspecified atom stereocenters. The van der Waals surface area contributed by atoms with Crippen LogP contribution in [0, 0.1) is 0 Å². The maximum Gasteiger partial charge on any atom is 0.393 e. The molecule has 0 saturated carbocycles. The summed E-state index contributed by atoms with van der Waals surface area (Å²) in [5.41, 5.74) is 4.09.